The first-order valence-corrected chi connectivity index (χ1v) is 24.3. The first kappa shape index (κ1) is 35.4. The molecule has 6 aromatic rings. The third-order valence-electron chi connectivity index (χ3n) is 12.1. The van der Waals surface area contributed by atoms with Gasteiger partial charge in [0, 0.05) is 0 Å². The molecule has 1 heterocycles. The van der Waals surface area contributed by atoms with Crippen molar-refractivity contribution in [1.82, 2.24) is 0 Å². The minimum atomic E-state index is -2.88. The van der Waals surface area contributed by atoms with Gasteiger partial charge in [-0.25, -0.2) is 0 Å². The zero-order valence-corrected chi connectivity index (χ0v) is 34.3. The molecule has 0 radical (unpaired) electrons. The summed E-state index contributed by atoms with van der Waals surface area (Å²) in [6, 6.07) is 42.7. The van der Waals surface area contributed by atoms with Gasteiger partial charge in [-0.3, -0.25) is 0 Å². The van der Waals surface area contributed by atoms with Crippen molar-refractivity contribution in [3.8, 4) is 22.3 Å². The van der Waals surface area contributed by atoms with E-state index < -0.39 is 20.3 Å². The number of halogens is 2. The summed E-state index contributed by atoms with van der Waals surface area (Å²) >= 11 is -2.88. The van der Waals surface area contributed by atoms with Crippen LogP contribution in [-0.2, 0) is 31.1 Å². The molecule has 3 aliphatic rings. The number of hydrogen-bond donors (Lipinski definition) is 0. The van der Waals surface area contributed by atoms with Crippen LogP contribution >= 0.6 is 0 Å². The van der Waals surface area contributed by atoms with Crippen molar-refractivity contribution >= 4 is 27.1 Å². The van der Waals surface area contributed by atoms with E-state index in [-0.39, 0.29) is 35.6 Å². The molecule has 0 aromatic heterocycles. The second-order valence-electron chi connectivity index (χ2n) is 17.1. The topological polar surface area (TPSA) is 0 Å². The van der Waals surface area contributed by atoms with Gasteiger partial charge in [0.15, 0.2) is 0 Å². The molecule has 3 heteroatoms. The van der Waals surface area contributed by atoms with E-state index >= 15 is 0 Å². The Morgan fingerprint density at radius 3 is 1.66 bits per heavy atom. The fraction of sp³-hybridized carbons (Fsp3) is 0.277. The largest absolute Gasteiger partial charge is 1.00 e. The molecule has 0 bridgehead atoms. The van der Waals surface area contributed by atoms with Crippen molar-refractivity contribution in [2.24, 2.45) is 0 Å². The van der Waals surface area contributed by atoms with E-state index in [1.54, 1.807) is 16.7 Å². The summed E-state index contributed by atoms with van der Waals surface area (Å²) in [6.07, 6.45) is 2.75. The second kappa shape index (κ2) is 12.3. The van der Waals surface area contributed by atoms with E-state index in [0.717, 1.165) is 0 Å². The Hall–Kier alpha value is -2.96. The van der Waals surface area contributed by atoms with E-state index in [0.29, 0.717) is 7.25 Å². The molecule has 1 saturated heterocycles. The predicted molar refractivity (Wildman–Crippen MR) is 204 cm³/mol. The van der Waals surface area contributed by atoms with Gasteiger partial charge >= 0.3 is 293 Å². The van der Waals surface area contributed by atoms with Crippen LogP contribution in [0.3, 0.4) is 0 Å². The Balaban J connectivity index is 0.00000196. The maximum atomic E-state index is 2.75. The fourth-order valence-corrected chi connectivity index (χ4v) is 25.9. The average Bonchev–Trinajstić information content (AvgIpc) is 3.68. The number of benzene rings is 6. The van der Waals surface area contributed by atoms with Crippen molar-refractivity contribution in [1.29, 1.82) is 0 Å². The third kappa shape index (κ3) is 5.33. The molecule has 1 unspecified atom stereocenters. The first-order chi connectivity index (χ1) is 23.0. The summed E-state index contributed by atoms with van der Waals surface area (Å²) in [5.41, 5.74) is 16.9. The van der Waals surface area contributed by atoms with Gasteiger partial charge in [-0.2, -0.15) is 0 Å². The molecule has 0 N–H and O–H groups in total. The zero-order chi connectivity index (χ0) is 33.2. The van der Waals surface area contributed by atoms with Crippen molar-refractivity contribution < 1.29 is 45.1 Å². The molecule has 252 valence electrons. The zero-order valence-electron chi connectivity index (χ0n) is 30.3. The maximum absolute atomic E-state index is 2.88. The summed E-state index contributed by atoms with van der Waals surface area (Å²) < 4.78 is 4.13. The maximum Gasteiger partial charge on any atom is -1.00 e. The van der Waals surface area contributed by atoms with Crippen molar-refractivity contribution in [3.05, 3.63) is 149 Å². The molecule has 1 aliphatic heterocycles. The van der Waals surface area contributed by atoms with Crippen LogP contribution in [0.15, 0.2) is 115 Å². The molecular weight excluding hydrogens is 727 g/mol. The van der Waals surface area contributed by atoms with Crippen LogP contribution in [0.25, 0.3) is 49.4 Å². The van der Waals surface area contributed by atoms with E-state index in [2.05, 4.69) is 164 Å². The van der Waals surface area contributed by atoms with Crippen LogP contribution in [0.5, 0.6) is 0 Å². The number of allylic oxidation sites excluding steroid dienone is 2. The summed E-state index contributed by atoms with van der Waals surface area (Å²) in [5.74, 6) is 0. The molecule has 0 saturated carbocycles. The smallest absolute Gasteiger partial charge is 1.00 e. The standard InChI is InChI=1S/C24H17.C21H25.C2H4.2ClH.Zr/c1-16-13-14-17-8-6-12-22(24(16)17)23-15-18-7-2-3-9-19(18)20-10-4-5-11-21(20)23;1-20(2,3)16-7-9-18-14(12-16)11-15-13-17(21(4,5)6)8-10-19(15)18;1-2;;;/h2-15H,1H3;7-13H,1-6H3;1-2H2;2*1H;/q;;;;;+2/p-2. The minimum Gasteiger partial charge on any atom is -1.00 e. The van der Waals surface area contributed by atoms with Crippen LogP contribution < -0.4 is 24.8 Å². The first-order valence-electron chi connectivity index (χ1n) is 18.0. The number of hydrogen-bond acceptors (Lipinski definition) is 0. The molecule has 0 spiro atoms. The Labute approximate surface area is 315 Å². The van der Waals surface area contributed by atoms with Gasteiger partial charge in [0.05, 0.1) is 0 Å². The summed E-state index contributed by atoms with van der Waals surface area (Å²) in [5, 5.41) is 5.36. The van der Waals surface area contributed by atoms with Crippen LogP contribution in [0.1, 0.15) is 89.1 Å². The van der Waals surface area contributed by atoms with Gasteiger partial charge in [-0.15, -0.1) is 0 Å². The van der Waals surface area contributed by atoms with E-state index in [9.17, 15) is 0 Å². The molecule has 9 rings (SSSR count). The van der Waals surface area contributed by atoms with Crippen molar-refractivity contribution in [2.75, 3.05) is 0 Å². The van der Waals surface area contributed by atoms with Gasteiger partial charge in [-0.1, -0.05) is 0 Å². The number of rotatable bonds is 3. The molecule has 2 aliphatic carbocycles. The average molecular weight is 773 g/mol. The van der Waals surface area contributed by atoms with Crippen molar-refractivity contribution in [3.63, 3.8) is 0 Å². The Morgan fingerprint density at radius 2 is 1.08 bits per heavy atom. The quantitative estimate of drug-likeness (QED) is 0.164. The predicted octanol–water partition coefficient (Wildman–Crippen LogP) is 7.50. The number of fused-ring (bicyclic) bond motifs is 7. The third-order valence-corrected chi connectivity index (χ3v) is 24.7. The van der Waals surface area contributed by atoms with Crippen LogP contribution in [0.4, 0.5) is 0 Å². The Bertz CT molecular complexity index is 2280. The molecular formula is C47H46Cl2Zr. The SMILES string of the molecule is CC1=C[CH]([Zr+2]2([CH]3c4cc(C(C)(C)C)ccc4-c4ccc(C(C)(C)C)cc43)[CH2][CH2]2)c2cccc(-c3cc4ccccc4c4ccccc34)c21.[Cl-].[Cl-]. The van der Waals surface area contributed by atoms with Crippen LogP contribution in [0.2, 0.25) is 8.26 Å². The van der Waals surface area contributed by atoms with Gasteiger partial charge in [-0.05, 0) is 0 Å². The van der Waals surface area contributed by atoms with E-state index in [1.165, 1.54) is 74.3 Å². The van der Waals surface area contributed by atoms with Gasteiger partial charge < -0.3 is 24.8 Å². The molecule has 0 amide bonds. The summed E-state index contributed by atoms with van der Waals surface area (Å²) in [7, 11) is 0. The molecule has 50 heavy (non-hydrogen) atoms. The molecule has 6 aromatic carbocycles. The van der Waals surface area contributed by atoms with Gasteiger partial charge in [0.2, 0.25) is 0 Å². The Kier molecular flexibility index (Phi) is 8.74. The van der Waals surface area contributed by atoms with Gasteiger partial charge in [0.25, 0.3) is 0 Å². The van der Waals surface area contributed by atoms with Gasteiger partial charge in [0.1, 0.15) is 0 Å². The molecule has 1 atom stereocenters. The minimum absolute atomic E-state index is 0. The van der Waals surface area contributed by atoms with Crippen LogP contribution in [0, 0.1) is 0 Å². The second-order valence-corrected chi connectivity index (χ2v) is 28.5. The fourth-order valence-electron chi connectivity index (χ4n) is 9.41. The Morgan fingerprint density at radius 1 is 0.520 bits per heavy atom. The van der Waals surface area contributed by atoms with E-state index in [1.807, 2.05) is 0 Å². The molecule has 1 fully saturated rings. The summed E-state index contributed by atoms with van der Waals surface area (Å²) in [4.78, 5) is 0. The van der Waals surface area contributed by atoms with E-state index in [4.69, 9.17) is 0 Å². The summed E-state index contributed by atoms with van der Waals surface area (Å²) in [6.45, 7) is 16.6. The normalized spacial score (nSPS) is 16.8. The van der Waals surface area contributed by atoms with Crippen LogP contribution in [-0.4, -0.2) is 0 Å². The molecule has 0 nitrogen and oxygen atoms in total. The monoisotopic (exact) mass is 770 g/mol. The van der Waals surface area contributed by atoms with Crippen molar-refractivity contribution in [2.45, 2.75) is 74.8 Å².